The molecule has 1 rings (SSSR count). The van der Waals surface area contributed by atoms with Crippen molar-refractivity contribution in [3.63, 3.8) is 0 Å². The van der Waals surface area contributed by atoms with Crippen molar-refractivity contribution < 1.29 is 29.7 Å². The van der Waals surface area contributed by atoms with E-state index in [9.17, 15) is 14.4 Å². The Hall–Kier alpha value is -1.69. The molecule has 6 nitrogen and oxygen atoms in total. The molecule has 0 aromatic heterocycles. The molecule has 0 amide bonds. The summed E-state index contributed by atoms with van der Waals surface area (Å²) in [6.45, 7) is 6.68. The summed E-state index contributed by atoms with van der Waals surface area (Å²) >= 11 is 0. The van der Waals surface area contributed by atoms with Crippen LogP contribution < -0.4 is 0 Å². The number of carboxylic acid groups (broad SMARTS) is 1. The minimum atomic E-state index is -1.23. The second kappa shape index (κ2) is 10.3. The lowest BCUT2D eigenvalue weighted by molar-refractivity contribution is -0.145. The minimum absolute atomic E-state index is 0.00926. The Morgan fingerprint density at radius 3 is 1.68 bits per heavy atom. The number of Topliss-reactive ketones (excluding diaryl/α,β-unsaturated/α-hetero) is 1. The normalized spacial score (nSPS) is 15.2. The summed E-state index contributed by atoms with van der Waals surface area (Å²) in [6.07, 6.45) is 0.924. The zero-order chi connectivity index (χ0) is 15.6. The van der Waals surface area contributed by atoms with Crippen molar-refractivity contribution in [2.75, 3.05) is 0 Å². The quantitative estimate of drug-likeness (QED) is 0.657. The maximum atomic E-state index is 10.5. The van der Waals surface area contributed by atoms with Gasteiger partial charge in [-0.05, 0) is 25.8 Å². The fraction of sp³-hybridized carbons (Fsp3) is 0.615. The number of hydrogen-bond donors (Lipinski definition) is 3. The van der Waals surface area contributed by atoms with Crippen LogP contribution in [0.5, 0.6) is 0 Å². The van der Waals surface area contributed by atoms with E-state index in [1.807, 2.05) is 13.8 Å². The fourth-order valence-electron chi connectivity index (χ4n) is 0.776. The van der Waals surface area contributed by atoms with E-state index in [1.165, 1.54) is 6.92 Å². The van der Waals surface area contributed by atoms with Crippen molar-refractivity contribution in [2.24, 2.45) is 5.92 Å². The maximum Gasteiger partial charge on any atom is 0.332 e. The number of aliphatic hydroxyl groups is 2. The SMILES string of the molecule is CC(C)C=O.CC(O)C(=O)O.CC1=C(O)C(=O)CC1. The Bertz CT molecular complexity index is 341. The van der Waals surface area contributed by atoms with Gasteiger partial charge in [0.2, 0.25) is 0 Å². The van der Waals surface area contributed by atoms with Crippen molar-refractivity contribution >= 4 is 18.0 Å². The lowest BCUT2D eigenvalue weighted by Crippen LogP contribution is -2.13. The van der Waals surface area contributed by atoms with E-state index < -0.39 is 12.1 Å². The molecule has 1 unspecified atom stereocenters. The molecule has 0 heterocycles. The van der Waals surface area contributed by atoms with Gasteiger partial charge in [-0.3, -0.25) is 4.79 Å². The molecule has 6 heteroatoms. The summed E-state index contributed by atoms with van der Waals surface area (Å²) in [4.78, 5) is 29.4. The lowest BCUT2D eigenvalue weighted by Gasteiger charge is -1.89. The molecule has 1 atom stereocenters. The van der Waals surface area contributed by atoms with Crippen molar-refractivity contribution in [1.29, 1.82) is 0 Å². The molecule has 19 heavy (non-hydrogen) atoms. The molecule has 1 aliphatic carbocycles. The highest BCUT2D eigenvalue weighted by molar-refractivity contribution is 5.96. The van der Waals surface area contributed by atoms with E-state index >= 15 is 0 Å². The highest BCUT2D eigenvalue weighted by Crippen LogP contribution is 2.18. The number of ketones is 1. The number of carboxylic acids is 1. The third-order valence-corrected chi connectivity index (χ3v) is 2.02. The Balaban J connectivity index is 0. The Labute approximate surface area is 112 Å². The molecule has 0 aliphatic heterocycles. The molecule has 110 valence electrons. The van der Waals surface area contributed by atoms with Gasteiger partial charge in [-0.1, -0.05) is 13.8 Å². The van der Waals surface area contributed by atoms with Gasteiger partial charge in [0.25, 0.3) is 0 Å². The number of rotatable bonds is 2. The average Bonchev–Trinajstić information content (AvgIpc) is 2.62. The van der Waals surface area contributed by atoms with Crippen LogP contribution in [-0.4, -0.2) is 39.5 Å². The summed E-state index contributed by atoms with van der Waals surface area (Å²) in [7, 11) is 0. The first-order valence-electron chi connectivity index (χ1n) is 5.91. The molecule has 1 aliphatic rings. The Kier molecular flexibility index (Phi) is 10.6. The van der Waals surface area contributed by atoms with Gasteiger partial charge in [-0.25, -0.2) is 4.79 Å². The molecule has 0 fully saturated rings. The minimum Gasteiger partial charge on any atom is -0.504 e. The highest BCUT2D eigenvalue weighted by Gasteiger charge is 2.17. The van der Waals surface area contributed by atoms with Crippen LogP contribution in [0.2, 0.25) is 0 Å². The smallest absolute Gasteiger partial charge is 0.332 e. The average molecular weight is 274 g/mol. The number of carbonyl (C=O) groups excluding carboxylic acids is 2. The van der Waals surface area contributed by atoms with Crippen molar-refractivity contribution in [2.45, 2.75) is 46.6 Å². The monoisotopic (exact) mass is 274 g/mol. The first-order valence-corrected chi connectivity index (χ1v) is 5.91. The second-order valence-electron chi connectivity index (χ2n) is 4.45. The van der Waals surface area contributed by atoms with Crippen molar-refractivity contribution in [1.82, 2.24) is 0 Å². The zero-order valence-electron chi connectivity index (χ0n) is 11.7. The molecule has 0 spiro atoms. The van der Waals surface area contributed by atoms with Crippen LogP contribution in [0.15, 0.2) is 11.3 Å². The van der Waals surface area contributed by atoms with Crippen LogP contribution in [-0.2, 0) is 14.4 Å². The van der Waals surface area contributed by atoms with E-state index in [1.54, 1.807) is 6.92 Å². The van der Waals surface area contributed by atoms with Gasteiger partial charge in [0.05, 0.1) is 0 Å². The van der Waals surface area contributed by atoms with E-state index in [2.05, 4.69) is 0 Å². The number of aldehydes is 1. The highest BCUT2D eigenvalue weighted by atomic mass is 16.4. The summed E-state index contributed by atoms with van der Waals surface area (Å²) in [6, 6.07) is 0. The number of allylic oxidation sites excluding steroid dienone is 2. The largest absolute Gasteiger partial charge is 0.504 e. The number of hydrogen-bond acceptors (Lipinski definition) is 5. The summed E-state index contributed by atoms with van der Waals surface area (Å²) < 4.78 is 0. The van der Waals surface area contributed by atoms with Crippen LogP contribution in [0, 0.1) is 5.92 Å². The molecule has 0 bridgehead atoms. The molecule has 3 N–H and O–H groups in total. The van der Waals surface area contributed by atoms with Crippen LogP contribution >= 0.6 is 0 Å². The van der Waals surface area contributed by atoms with Gasteiger partial charge in [-0.15, -0.1) is 0 Å². The van der Waals surface area contributed by atoms with Gasteiger partial charge in [0, 0.05) is 12.3 Å². The van der Waals surface area contributed by atoms with Crippen LogP contribution in [0.1, 0.15) is 40.5 Å². The predicted octanol–water partition coefficient (Wildman–Crippen LogP) is 1.47. The van der Waals surface area contributed by atoms with Crippen LogP contribution in [0.3, 0.4) is 0 Å². The van der Waals surface area contributed by atoms with E-state index in [-0.39, 0.29) is 17.5 Å². The van der Waals surface area contributed by atoms with Gasteiger partial charge in [-0.2, -0.15) is 0 Å². The predicted molar refractivity (Wildman–Crippen MR) is 69.8 cm³/mol. The lowest BCUT2D eigenvalue weighted by atomic mass is 10.3. The number of aliphatic hydroxyl groups excluding tert-OH is 2. The third kappa shape index (κ3) is 11.1. The van der Waals surface area contributed by atoms with Gasteiger partial charge in [0.1, 0.15) is 12.4 Å². The molecule has 0 aromatic carbocycles. The van der Waals surface area contributed by atoms with Gasteiger partial charge < -0.3 is 20.1 Å². The first-order chi connectivity index (χ1) is 8.63. The summed E-state index contributed by atoms with van der Waals surface area (Å²) in [5.74, 6) is -1.10. The molecule has 0 saturated heterocycles. The Morgan fingerprint density at radius 1 is 1.26 bits per heavy atom. The Morgan fingerprint density at radius 2 is 1.63 bits per heavy atom. The van der Waals surface area contributed by atoms with Crippen molar-refractivity contribution in [3.05, 3.63) is 11.3 Å². The molecular formula is C13H22O6. The van der Waals surface area contributed by atoms with Crippen molar-refractivity contribution in [3.8, 4) is 0 Å². The summed E-state index contributed by atoms with van der Waals surface area (Å²) in [5, 5.41) is 24.6. The van der Waals surface area contributed by atoms with Crippen LogP contribution in [0.4, 0.5) is 0 Å². The molecule has 0 radical (unpaired) electrons. The fourth-order valence-corrected chi connectivity index (χ4v) is 0.776. The van der Waals surface area contributed by atoms with E-state index in [4.69, 9.17) is 15.3 Å². The van der Waals surface area contributed by atoms with Crippen LogP contribution in [0.25, 0.3) is 0 Å². The standard InChI is InChI=1S/C6H8O2.C4H8O.C3H6O3/c1-4-2-3-5(7)6(4)8;1-4(2)3-5;1-2(4)3(5)6/h8H,2-3H2,1H3;3-4H,1-2H3;2,4H,1H3,(H,5,6). The molecular weight excluding hydrogens is 252 g/mol. The number of carbonyl (C=O) groups is 3. The molecule has 0 aromatic rings. The summed E-state index contributed by atoms with van der Waals surface area (Å²) in [5.41, 5.74) is 0.829. The maximum absolute atomic E-state index is 10.5. The first kappa shape index (κ1) is 19.6. The van der Waals surface area contributed by atoms with Gasteiger partial charge >= 0.3 is 5.97 Å². The zero-order valence-corrected chi connectivity index (χ0v) is 11.7. The third-order valence-electron chi connectivity index (χ3n) is 2.02. The topological polar surface area (TPSA) is 112 Å². The number of aliphatic carboxylic acids is 1. The second-order valence-corrected chi connectivity index (χ2v) is 4.45. The van der Waals surface area contributed by atoms with E-state index in [0.717, 1.165) is 18.3 Å². The molecule has 0 saturated carbocycles. The van der Waals surface area contributed by atoms with E-state index in [0.29, 0.717) is 6.42 Å². The van der Waals surface area contributed by atoms with Gasteiger partial charge in [0.15, 0.2) is 11.5 Å².